The molecule has 1 amide bonds. The number of rotatable bonds is 6. The Kier molecular flexibility index (Phi) is 4.26. The van der Waals surface area contributed by atoms with Gasteiger partial charge in [0.2, 0.25) is 5.91 Å². The zero-order valence-electron chi connectivity index (χ0n) is 11.7. The number of aromatic carboxylic acids is 1. The summed E-state index contributed by atoms with van der Waals surface area (Å²) in [4.78, 5) is 35.8. The summed E-state index contributed by atoms with van der Waals surface area (Å²) < 4.78 is 0. The SMILES string of the molecule is CC(CN(C(=O)C1CC1)c1cccc(C(=O)O)c1)C(=O)O. The minimum atomic E-state index is -1.08. The zero-order chi connectivity index (χ0) is 15.6. The van der Waals surface area contributed by atoms with E-state index in [1.54, 1.807) is 12.1 Å². The highest BCUT2D eigenvalue weighted by Gasteiger charge is 2.35. The number of aliphatic carboxylic acids is 1. The topological polar surface area (TPSA) is 94.9 Å². The lowest BCUT2D eigenvalue weighted by atomic mass is 10.1. The number of hydrogen-bond donors (Lipinski definition) is 2. The molecule has 0 radical (unpaired) electrons. The van der Waals surface area contributed by atoms with Crippen molar-refractivity contribution in [2.75, 3.05) is 11.4 Å². The van der Waals surface area contributed by atoms with Gasteiger partial charge in [0, 0.05) is 18.2 Å². The second kappa shape index (κ2) is 5.95. The minimum absolute atomic E-state index is 0.0355. The van der Waals surface area contributed by atoms with Gasteiger partial charge in [0.25, 0.3) is 0 Å². The number of carboxylic acids is 2. The van der Waals surface area contributed by atoms with Gasteiger partial charge in [-0.1, -0.05) is 13.0 Å². The van der Waals surface area contributed by atoms with Crippen molar-refractivity contribution in [3.8, 4) is 0 Å². The molecule has 2 N–H and O–H groups in total. The Morgan fingerprint density at radius 3 is 2.48 bits per heavy atom. The standard InChI is InChI=1S/C15H17NO5/c1-9(14(18)19)8-16(13(17)10-5-6-10)12-4-2-3-11(7-12)15(20)21/h2-4,7,9-10H,5-6,8H2,1H3,(H,18,19)(H,20,21). The summed E-state index contributed by atoms with van der Waals surface area (Å²) in [6, 6.07) is 6.02. The number of nitrogens with zero attached hydrogens (tertiary/aromatic N) is 1. The second-order valence-electron chi connectivity index (χ2n) is 5.32. The van der Waals surface area contributed by atoms with E-state index < -0.39 is 17.9 Å². The maximum absolute atomic E-state index is 12.3. The lowest BCUT2D eigenvalue weighted by Crippen LogP contribution is -2.38. The summed E-state index contributed by atoms with van der Waals surface area (Å²) >= 11 is 0. The number of carbonyl (C=O) groups is 3. The van der Waals surface area contributed by atoms with Gasteiger partial charge in [0.15, 0.2) is 0 Å². The first kappa shape index (κ1) is 15.0. The Morgan fingerprint density at radius 1 is 1.29 bits per heavy atom. The number of carboxylic acid groups (broad SMARTS) is 2. The summed E-state index contributed by atoms with van der Waals surface area (Å²) in [5.41, 5.74) is 0.504. The molecule has 0 aliphatic heterocycles. The first-order valence-corrected chi connectivity index (χ1v) is 6.77. The van der Waals surface area contributed by atoms with Crippen LogP contribution in [0.1, 0.15) is 30.1 Å². The van der Waals surface area contributed by atoms with Gasteiger partial charge in [-0.25, -0.2) is 4.79 Å². The van der Waals surface area contributed by atoms with Gasteiger partial charge >= 0.3 is 11.9 Å². The average molecular weight is 291 g/mol. The molecule has 1 fully saturated rings. The van der Waals surface area contributed by atoms with Gasteiger partial charge in [-0.15, -0.1) is 0 Å². The van der Waals surface area contributed by atoms with Crippen LogP contribution in [0.3, 0.4) is 0 Å². The molecule has 1 aliphatic carbocycles. The van der Waals surface area contributed by atoms with Crippen LogP contribution in [0, 0.1) is 11.8 Å². The first-order chi connectivity index (χ1) is 9.90. The quantitative estimate of drug-likeness (QED) is 0.834. The maximum atomic E-state index is 12.3. The minimum Gasteiger partial charge on any atom is -0.481 e. The molecule has 112 valence electrons. The van der Waals surface area contributed by atoms with Crippen LogP contribution in [0.4, 0.5) is 5.69 Å². The molecule has 6 heteroatoms. The van der Waals surface area contributed by atoms with Crippen molar-refractivity contribution in [1.29, 1.82) is 0 Å². The fraction of sp³-hybridized carbons (Fsp3) is 0.400. The van der Waals surface area contributed by atoms with Gasteiger partial charge < -0.3 is 15.1 Å². The van der Waals surface area contributed by atoms with Crippen LogP contribution in [0.15, 0.2) is 24.3 Å². The first-order valence-electron chi connectivity index (χ1n) is 6.77. The van der Waals surface area contributed by atoms with Crippen molar-refractivity contribution >= 4 is 23.5 Å². The van der Waals surface area contributed by atoms with E-state index in [2.05, 4.69) is 0 Å². The normalized spacial score (nSPS) is 15.3. The third-order valence-electron chi connectivity index (χ3n) is 3.48. The van der Waals surface area contributed by atoms with E-state index in [9.17, 15) is 14.4 Å². The third-order valence-corrected chi connectivity index (χ3v) is 3.48. The van der Waals surface area contributed by atoms with Gasteiger partial charge in [-0.05, 0) is 31.0 Å². The monoisotopic (exact) mass is 291 g/mol. The molecule has 1 aliphatic rings. The van der Waals surface area contributed by atoms with Crippen LogP contribution >= 0.6 is 0 Å². The predicted molar refractivity (Wildman–Crippen MR) is 75.3 cm³/mol. The molecule has 1 saturated carbocycles. The Hall–Kier alpha value is -2.37. The highest BCUT2D eigenvalue weighted by Crippen LogP contribution is 2.33. The molecular weight excluding hydrogens is 274 g/mol. The third kappa shape index (κ3) is 3.59. The fourth-order valence-corrected chi connectivity index (χ4v) is 2.03. The van der Waals surface area contributed by atoms with E-state index in [-0.39, 0.29) is 23.9 Å². The Bertz CT molecular complexity index is 579. The molecule has 0 bridgehead atoms. The van der Waals surface area contributed by atoms with Crippen molar-refractivity contribution in [3.63, 3.8) is 0 Å². The summed E-state index contributed by atoms with van der Waals surface area (Å²) in [6.45, 7) is 1.56. The molecule has 0 aromatic heterocycles. The fourth-order valence-electron chi connectivity index (χ4n) is 2.03. The van der Waals surface area contributed by atoms with Gasteiger partial charge in [0.1, 0.15) is 0 Å². The Labute approximate surface area is 122 Å². The van der Waals surface area contributed by atoms with Crippen molar-refractivity contribution < 1.29 is 24.6 Å². The highest BCUT2D eigenvalue weighted by atomic mass is 16.4. The van der Waals surface area contributed by atoms with Gasteiger partial charge in [0.05, 0.1) is 11.5 Å². The molecule has 2 rings (SSSR count). The molecular formula is C15H17NO5. The molecule has 0 heterocycles. The summed E-state index contributed by atoms with van der Waals surface area (Å²) in [5.74, 6) is -2.99. The van der Waals surface area contributed by atoms with Gasteiger partial charge in [-0.3, -0.25) is 9.59 Å². The average Bonchev–Trinajstić information content (AvgIpc) is 3.28. The van der Waals surface area contributed by atoms with Crippen LogP contribution in [0.2, 0.25) is 0 Å². The molecule has 1 unspecified atom stereocenters. The molecule has 0 spiro atoms. The molecule has 1 atom stereocenters. The maximum Gasteiger partial charge on any atom is 0.335 e. The lowest BCUT2D eigenvalue weighted by Gasteiger charge is -2.25. The van der Waals surface area contributed by atoms with E-state index >= 15 is 0 Å². The number of amides is 1. The summed E-state index contributed by atoms with van der Waals surface area (Å²) in [7, 11) is 0. The largest absolute Gasteiger partial charge is 0.481 e. The van der Waals surface area contributed by atoms with Crippen LogP contribution in [0.25, 0.3) is 0 Å². The Balaban J connectivity index is 2.29. The van der Waals surface area contributed by atoms with E-state index in [0.717, 1.165) is 12.8 Å². The number of benzene rings is 1. The predicted octanol–water partition coefficient (Wildman–Crippen LogP) is 1.85. The van der Waals surface area contributed by atoms with Crippen molar-refractivity contribution in [1.82, 2.24) is 0 Å². The van der Waals surface area contributed by atoms with E-state index in [1.807, 2.05) is 0 Å². The Morgan fingerprint density at radius 2 is 1.95 bits per heavy atom. The zero-order valence-corrected chi connectivity index (χ0v) is 11.7. The van der Waals surface area contributed by atoms with Crippen molar-refractivity contribution in [2.24, 2.45) is 11.8 Å². The molecule has 1 aromatic rings. The van der Waals surface area contributed by atoms with Gasteiger partial charge in [-0.2, -0.15) is 0 Å². The molecule has 6 nitrogen and oxygen atoms in total. The number of anilines is 1. The lowest BCUT2D eigenvalue weighted by molar-refractivity contribution is -0.140. The van der Waals surface area contributed by atoms with Crippen LogP contribution < -0.4 is 4.90 Å². The summed E-state index contributed by atoms with van der Waals surface area (Å²) in [5, 5.41) is 18.0. The number of hydrogen-bond acceptors (Lipinski definition) is 3. The van der Waals surface area contributed by atoms with Crippen LogP contribution in [0.5, 0.6) is 0 Å². The van der Waals surface area contributed by atoms with E-state index in [0.29, 0.717) is 5.69 Å². The molecule has 21 heavy (non-hydrogen) atoms. The smallest absolute Gasteiger partial charge is 0.335 e. The van der Waals surface area contributed by atoms with Crippen LogP contribution in [-0.2, 0) is 9.59 Å². The molecule has 1 aromatic carbocycles. The number of carbonyl (C=O) groups excluding carboxylic acids is 1. The van der Waals surface area contributed by atoms with Crippen molar-refractivity contribution in [2.45, 2.75) is 19.8 Å². The molecule has 0 saturated heterocycles. The highest BCUT2D eigenvalue weighted by molar-refractivity contribution is 5.98. The summed E-state index contributed by atoms with van der Waals surface area (Å²) in [6.07, 6.45) is 1.60. The van der Waals surface area contributed by atoms with E-state index in [1.165, 1.54) is 24.0 Å². The second-order valence-corrected chi connectivity index (χ2v) is 5.32. The van der Waals surface area contributed by atoms with Crippen molar-refractivity contribution in [3.05, 3.63) is 29.8 Å². The van der Waals surface area contributed by atoms with Crippen LogP contribution in [-0.4, -0.2) is 34.6 Å². The van der Waals surface area contributed by atoms with E-state index in [4.69, 9.17) is 10.2 Å².